The van der Waals surface area contributed by atoms with E-state index in [1.165, 1.54) is 16.2 Å². The fourth-order valence-corrected chi connectivity index (χ4v) is 6.26. The van der Waals surface area contributed by atoms with E-state index in [2.05, 4.69) is 10.3 Å². The number of aryl methyl sites for hydroxylation is 1. The normalized spacial score (nSPS) is 22.5. The number of carboxylic acid groups (broad SMARTS) is 1. The van der Waals surface area contributed by atoms with Gasteiger partial charge in [0.05, 0.1) is 22.7 Å². The van der Waals surface area contributed by atoms with Crippen LogP contribution >= 0.6 is 11.3 Å². The molecule has 4 N–H and O–H groups in total. The first-order valence-electron chi connectivity index (χ1n) is 14.8. The third-order valence-electron chi connectivity index (χ3n) is 7.56. The van der Waals surface area contributed by atoms with Crippen molar-refractivity contribution < 1.29 is 33.8 Å². The Bertz CT molecular complexity index is 1370. The number of aliphatic carboxylic acids is 1. The van der Waals surface area contributed by atoms with Gasteiger partial charge in [-0.1, -0.05) is 42.4 Å². The van der Waals surface area contributed by atoms with E-state index in [1.54, 1.807) is 20.8 Å². The molecule has 5 atom stereocenters. The Morgan fingerprint density at radius 1 is 1.21 bits per heavy atom. The van der Waals surface area contributed by atoms with Crippen molar-refractivity contribution in [3.8, 4) is 5.19 Å². The maximum Gasteiger partial charge on any atom is 0.408 e. The number of unbranched alkanes of at least 4 members (excludes halogenated alkanes) is 3. The Labute approximate surface area is 255 Å². The van der Waals surface area contributed by atoms with Gasteiger partial charge in [-0.3, -0.25) is 14.4 Å². The number of hydrogen-bond acceptors (Lipinski definition) is 8. The van der Waals surface area contributed by atoms with Crippen molar-refractivity contribution in [3.05, 3.63) is 35.9 Å². The van der Waals surface area contributed by atoms with E-state index in [0.29, 0.717) is 24.5 Å². The smallest absolute Gasteiger partial charge is 0.408 e. The lowest BCUT2D eigenvalue weighted by Gasteiger charge is -2.28. The minimum Gasteiger partial charge on any atom is -0.481 e. The number of nitrogens with one attached hydrogen (secondary N) is 1. The van der Waals surface area contributed by atoms with Gasteiger partial charge in [0, 0.05) is 6.42 Å². The number of nitrogens with zero attached hydrogens (tertiary/aromatic N) is 2. The minimum atomic E-state index is -0.904. The van der Waals surface area contributed by atoms with Crippen LogP contribution in [0.15, 0.2) is 30.4 Å². The zero-order valence-electron chi connectivity index (χ0n) is 25.2. The van der Waals surface area contributed by atoms with Crippen molar-refractivity contribution in [2.45, 2.75) is 96.4 Å². The van der Waals surface area contributed by atoms with Crippen LogP contribution < -0.4 is 15.8 Å². The number of primary amides is 1. The summed E-state index contributed by atoms with van der Waals surface area (Å²) in [5.74, 6) is -1.92. The standard InChI is InChI=1S/C31H42N4O7S/c1-18-12-13-22-25(14-18)43-30(34-22)41-20-16-24(26(32)36)35(17-20)27(37)23(33-29(40)42-31(2,3)4)11-9-7-5-6-8-10-19-15-21(19)28(38)39/h8,10,12-14,19-21,23-24H,5-7,9,11,15-17H2,1-4H3,(H2,32,36)(H,33,40)(H,38,39)/b10-8-/t19-,20-,21+,23+,24+/m1/s1. The predicted molar refractivity (Wildman–Crippen MR) is 163 cm³/mol. The Morgan fingerprint density at radius 3 is 2.65 bits per heavy atom. The number of allylic oxidation sites excluding steroid dienone is 2. The number of thiazole rings is 1. The second-order valence-corrected chi connectivity index (χ2v) is 13.4. The van der Waals surface area contributed by atoms with Gasteiger partial charge in [0.15, 0.2) is 0 Å². The monoisotopic (exact) mass is 614 g/mol. The van der Waals surface area contributed by atoms with Crippen molar-refractivity contribution in [2.24, 2.45) is 17.6 Å². The maximum absolute atomic E-state index is 13.8. The number of ether oxygens (including phenoxy) is 2. The molecule has 2 fully saturated rings. The zero-order valence-corrected chi connectivity index (χ0v) is 26.0. The second kappa shape index (κ2) is 13.7. The Balaban J connectivity index is 1.36. The molecule has 2 heterocycles. The van der Waals surface area contributed by atoms with Gasteiger partial charge in [0.1, 0.15) is 23.8 Å². The van der Waals surface area contributed by atoms with Crippen molar-refractivity contribution in [1.82, 2.24) is 15.2 Å². The number of benzene rings is 1. The average Bonchev–Trinajstić information content (AvgIpc) is 3.39. The molecule has 0 spiro atoms. The summed E-state index contributed by atoms with van der Waals surface area (Å²) < 4.78 is 12.5. The third kappa shape index (κ3) is 9.16. The number of alkyl carbamates (subject to hydrolysis) is 1. The highest BCUT2D eigenvalue weighted by atomic mass is 32.1. The molecule has 2 aromatic rings. The highest BCUT2D eigenvalue weighted by Gasteiger charge is 2.43. The van der Waals surface area contributed by atoms with Crippen LogP contribution in [-0.2, 0) is 19.1 Å². The van der Waals surface area contributed by atoms with Crippen molar-refractivity contribution in [1.29, 1.82) is 0 Å². The third-order valence-corrected chi connectivity index (χ3v) is 8.47. The predicted octanol–water partition coefficient (Wildman–Crippen LogP) is 4.56. The van der Waals surface area contributed by atoms with Crippen LogP contribution in [0.2, 0.25) is 0 Å². The summed E-state index contributed by atoms with van der Waals surface area (Å²) in [6.07, 6.45) is 7.20. The van der Waals surface area contributed by atoms with Crippen molar-refractivity contribution in [2.75, 3.05) is 6.54 Å². The second-order valence-electron chi connectivity index (χ2n) is 12.4. The molecular formula is C31H42N4O7S. The van der Waals surface area contributed by atoms with Crippen LogP contribution in [0.4, 0.5) is 4.79 Å². The van der Waals surface area contributed by atoms with E-state index >= 15 is 0 Å². The number of carboxylic acids is 1. The van der Waals surface area contributed by atoms with Gasteiger partial charge >= 0.3 is 12.1 Å². The molecule has 0 bridgehead atoms. The first-order valence-corrected chi connectivity index (χ1v) is 15.6. The van der Waals surface area contributed by atoms with E-state index < -0.39 is 47.7 Å². The van der Waals surface area contributed by atoms with E-state index in [1.807, 2.05) is 37.3 Å². The molecule has 1 saturated carbocycles. The number of hydrogen-bond donors (Lipinski definition) is 3. The van der Waals surface area contributed by atoms with E-state index in [4.69, 9.17) is 20.3 Å². The number of likely N-dealkylation sites (tertiary alicyclic amines) is 1. The van der Waals surface area contributed by atoms with E-state index in [-0.39, 0.29) is 24.8 Å². The summed E-state index contributed by atoms with van der Waals surface area (Å²) in [7, 11) is 0. The molecule has 0 radical (unpaired) electrons. The van der Waals surface area contributed by atoms with Gasteiger partial charge in [-0.15, -0.1) is 0 Å². The zero-order chi connectivity index (χ0) is 31.3. The number of nitrogens with two attached hydrogens (primary N) is 1. The molecular weight excluding hydrogens is 572 g/mol. The maximum atomic E-state index is 13.8. The Hall–Kier alpha value is -3.67. The molecule has 0 unspecified atom stereocenters. The topological polar surface area (TPSA) is 161 Å². The summed E-state index contributed by atoms with van der Waals surface area (Å²) in [6, 6.07) is 4.15. The summed E-state index contributed by atoms with van der Waals surface area (Å²) in [5.41, 5.74) is 6.89. The molecule has 12 heteroatoms. The lowest BCUT2D eigenvalue weighted by molar-refractivity contribution is -0.139. The number of aromatic nitrogens is 1. The van der Waals surface area contributed by atoms with Crippen molar-refractivity contribution >= 4 is 45.4 Å². The number of carbonyl (C=O) groups is 4. The molecule has 1 saturated heterocycles. The van der Waals surface area contributed by atoms with Crippen LogP contribution in [0.3, 0.4) is 0 Å². The van der Waals surface area contributed by atoms with Crippen LogP contribution in [0.5, 0.6) is 5.19 Å². The first kappa shape index (κ1) is 32.2. The van der Waals surface area contributed by atoms with Crippen LogP contribution in [0.1, 0.15) is 71.3 Å². The summed E-state index contributed by atoms with van der Waals surface area (Å²) >= 11 is 1.41. The molecule has 2 aliphatic rings. The van der Waals surface area contributed by atoms with Gasteiger partial charge in [-0.25, -0.2) is 9.78 Å². The Morgan fingerprint density at radius 2 is 1.98 bits per heavy atom. The molecule has 1 aromatic carbocycles. The van der Waals surface area contributed by atoms with Crippen LogP contribution in [0.25, 0.3) is 10.2 Å². The van der Waals surface area contributed by atoms with Crippen molar-refractivity contribution in [3.63, 3.8) is 0 Å². The molecule has 4 rings (SSSR count). The molecule has 1 aromatic heterocycles. The number of amides is 3. The first-order chi connectivity index (χ1) is 20.3. The van der Waals surface area contributed by atoms with Gasteiger partial charge < -0.3 is 30.5 Å². The van der Waals surface area contributed by atoms with Crippen LogP contribution in [0, 0.1) is 18.8 Å². The highest BCUT2D eigenvalue weighted by Crippen LogP contribution is 2.39. The minimum absolute atomic E-state index is 0.128. The SMILES string of the molecule is Cc1ccc2nc(O[C@@H]3C[C@@H](C(N)=O)N(C(=O)[C@H](CCCCC/C=C\[C@@H]4C[C@@H]4C(=O)O)NC(=O)OC(C)(C)C)C3)sc2c1. The Kier molecular flexibility index (Phi) is 10.3. The summed E-state index contributed by atoms with van der Waals surface area (Å²) in [5, 5.41) is 12.2. The molecule has 3 amide bonds. The van der Waals surface area contributed by atoms with Gasteiger partial charge in [0.25, 0.3) is 5.19 Å². The van der Waals surface area contributed by atoms with Crippen LogP contribution in [-0.4, -0.2) is 69.2 Å². The van der Waals surface area contributed by atoms with Gasteiger partial charge in [-0.2, -0.15) is 0 Å². The quantitative estimate of drug-likeness (QED) is 0.219. The fourth-order valence-electron chi connectivity index (χ4n) is 5.28. The molecule has 1 aliphatic heterocycles. The van der Waals surface area contributed by atoms with E-state index in [9.17, 15) is 19.2 Å². The summed E-state index contributed by atoms with van der Waals surface area (Å²) in [6.45, 7) is 7.37. The number of fused-ring (bicyclic) bond motifs is 1. The summed E-state index contributed by atoms with van der Waals surface area (Å²) in [4.78, 5) is 55.8. The number of carbonyl (C=O) groups excluding carboxylic acids is 3. The molecule has 43 heavy (non-hydrogen) atoms. The van der Waals surface area contributed by atoms with Gasteiger partial charge in [-0.05, 0) is 77.0 Å². The molecule has 234 valence electrons. The highest BCUT2D eigenvalue weighted by molar-refractivity contribution is 7.20. The molecule has 11 nitrogen and oxygen atoms in total. The molecule has 1 aliphatic carbocycles. The average molecular weight is 615 g/mol. The number of rotatable bonds is 13. The largest absolute Gasteiger partial charge is 0.481 e. The van der Waals surface area contributed by atoms with E-state index in [0.717, 1.165) is 35.0 Å². The lowest BCUT2D eigenvalue weighted by Crippen LogP contribution is -2.53. The lowest BCUT2D eigenvalue weighted by atomic mass is 10.0. The van der Waals surface area contributed by atoms with Gasteiger partial charge in [0.2, 0.25) is 11.8 Å². The fraction of sp³-hybridized carbons (Fsp3) is 0.581.